The first-order valence-corrected chi connectivity index (χ1v) is 13.2. The molecule has 0 spiro atoms. The molecular weight excluding hydrogens is 593 g/mol. The maximum Gasteiger partial charge on any atom is 0.336 e. The number of carbonyl (C=O) groups excluding carboxylic acids is 2. The number of benzene rings is 3. The van der Waals surface area contributed by atoms with Gasteiger partial charge in [0.25, 0.3) is 0 Å². The SMILES string of the molecule is COC(=O)C1=C(C)NC2=C(C(=O)c3ccccc32)[C@@H]1c1cc(Br)c(OCc2ccc(Cl)cc2Cl)c(OC)c1. The van der Waals surface area contributed by atoms with E-state index in [9.17, 15) is 9.59 Å². The number of esters is 1. The lowest BCUT2D eigenvalue weighted by Crippen LogP contribution is -2.29. The summed E-state index contributed by atoms with van der Waals surface area (Å²) in [5.41, 5.74) is 4.93. The lowest BCUT2D eigenvalue weighted by Gasteiger charge is -2.29. The minimum Gasteiger partial charge on any atom is -0.493 e. The number of dihydropyridines is 1. The lowest BCUT2D eigenvalue weighted by molar-refractivity contribution is -0.136. The van der Waals surface area contributed by atoms with Gasteiger partial charge in [0, 0.05) is 43.9 Å². The first kappa shape index (κ1) is 26.4. The van der Waals surface area contributed by atoms with Crippen molar-refractivity contribution in [1.82, 2.24) is 5.32 Å². The molecule has 0 amide bonds. The van der Waals surface area contributed by atoms with Gasteiger partial charge in [-0.2, -0.15) is 0 Å². The van der Waals surface area contributed by atoms with Gasteiger partial charge in [-0.05, 0) is 52.7 Å². The molecule has 1 heterocycles. The van der Waals surface area contributed by atoms with E-state index in [-0.39, 0.29) is 12.4 Å². The molecule has 0 saturated carbocycles. The smallest absolute Gasteiger partial charge is 0.336 e. The molecule has 1 aliphatic carbocycles. The number of carbonyl (C=O) groups is 2. The van der Waals surface area contributed by atoms with Crippen LogP contribution in [0.25, 0.3) is 5.70 Å². The fourth-order valence-electron chi connectivity index (χ4n) is 4.88. The van der Waals surface area contributed by atoms with Gasteiger partial charge in [0.15, 0.2) is 17.3 Å². The molecule has 5 rings (SSSR count). The highest BCUT2D eigenvalue weighted by molar-refractivity contribution is 9.10. The van der Waals surface area contributed by atoms with E-state index in [0.717, 1.165) is 11.1 Å². The Kier molecular flexibility index (Phi) is 7.27. The number of Topliss-reactive ketones (excluding diaryl/α,β-unsaturated/α-hetero) is 1. The van der Waals surface area contributed by atoms with Gasteiger partial charge < -0.3 is 19.5 Å². The number of hydrogen-bond acceptors (Lipinski definition) is 6. The molecule has 2 aliphatic rings. The second-order valence-electron chi connectivity index (χ2n) is 8.81. The second kappa shape index (κ2) is 10.5. The molecule has 1 aliphatic heterocycles. The van der Waals surface area contributed by atoms with Gasteiger partial charge in [-0.15, -0.1) is 0 Å². The summed E-state index contributed by atoms with van der Waals surface area (Å²) in [7, 11) is 2.85. The third-order valence-electron chi connectivity index (χ3n) is 6.63. The summed E-state index contributed by atoms with van der Waals surface area (Å²) in [6.07, 6.45) is 0. The standard InChI is InChI=1S/C29H22BrCl2NO5/c1-14-23(29(35)37-3)24(25-26(33-14)18-6-4-5-7-19(18)27(25)34)16-10-20(30)28(22(11-16)36-2)38-13-15-8-9-17(31)12-21(15)32/h4-12,24,33H,13H2,1-3H3/t24-/m1/s1. The van der Waals surface area contributed by atoms with Crippen molar-refractivity contribution < 1.29 is 23.8 Å². The van der Waals surface area contributed by atoms with Gasteiger partial charge in [0.2, 0.25) is 0 Å². The second-order valence-corrected chi connectivity index (χ2v) is 10.5. The van der Waals surface area contributed by atoms with E-state index in [2.05, 4.69) is 21.2 Å². The molecule has 0 bridgehead atoms. The Morgan fingerprint density at radius 2 is 1.79 bits per heavy atom. The molecule has 1 N–H and O–H groups in total. The van der Waals surface area contributed by atoms with Gasteiger partial charge >= 0.3 is 5.97 Å². The van der Waals surface area contributed by atoms with Crippen LogP contribution in [-0.2, 0) is 16.1 Å². The maximum atomic E-state index is 13.6. The number of allylic oxidation sites excluding steroid dienone is 2. The highest BCUT2D eigenvalue weighted by atomic mass is 79.9. The summed E-state index contributed by atoms with van der Waals surface area (Å²) in [4.78, 5) is 26.6. The van der Waals surface area contributed by atoms with Gasteiger partial charge in [0.1, 0.15) is 6.61 Å². The number of nitrogens with one attached hydrogen (secondary N) is 1. The number of rotatable bonds is 6. The van der Waals surface area contributed by atoms with Gasteiger partial charge in [-0.3, -0.25) is 4.79 Å². The van der Waals surface area contributed by atoms with Gasteiger partial charge in [-0.25, -0.2) is 4.79 Å². The third kappa shape index (κ3) is 4.49. The lowest BCUT2D eigenvalue weighted by atomic mass is 9.79. The van der Waals surface area contributed by atoms with E-state index in [1.807, 2.05) is 24.3 Å². The van der Waals surface area contributed by atoms with Crippen molar-refractivity contribution >= 4 is 56.6 Å². The van der Waals surface area contributed by atoms with Crippen molar-refractivity contribution in [2.75, 3.05) is 14.2 Å². The molecule has 0 saturated heterocycles. The number of halogens is 3. The minimum atomic E-state index is -0.691. The van der Waals surface area contributed by atoms with Crippen molar-refractivity contribution in [2.45, 2.75) is 19.4 Å². The molecule has 0 fully saturated rings. The number of ketones is 1. The fraction of sp³-hybridized carbons (Fsp3) is 0.172. The fourth-order valence-corrected chi connectivity index (χ4v) is 5.92. The number of hydrogen-bond donors (Lipinski definition) is 1. The molecule has 0 unspecified atom stereocenters. The number of methoxy groups -OCH3 is 2. The van der Waals surface area contributed by atoms with Crippen LogP contribution >= 0.6 is 39.1 Å². The molecule has 0 radical (unpaired) electrons. The molecule has 3 aromatic carbocycles. The van der Waals surface area contributed by atoms with Crippen LogP contribution in [0.3, 0.4) is 0 Å². The van der Waals surface area contributed by atoms with Crippen LogP contribution in [-0.4, -0.2) is 26.0 Å². The van der Waals surface area contributed by atoms with Crippen LogP contribution in [0.1, 0.15) is 39.9 Å². The molecule has 1 atom stereocenters. The van der Waals surface area contributed by atoms with E-state index in [4.69, 9.17) is 37.4 Å². The van der Waals surface area contributed by atoms with Gasteiger partial charge in [0.05, 0.1) is 30.0 Å². The van der Waals surface area contributed by atoms with Crippen LogP contribution in [0, 0.1) is 0 Å². The topological polar surface area (TPSA) is 73.9 Å². The first-order valence-electron chi connectivity index (χ1n) is 11.6. The van der Waals surface area contributed by atoms with Crippen LogP contribution in [0.5, 0.6) is 11.5 Å². The summed E-state index contributed by atoms with van der Waals surface area (Å²) in [6, 6.07) is 16.2. The van der Waals surface area contributed by atoms with E-state index in [1.54, 1.807) is 37.3 Å². The van der Waals surface area contributed by atoms with E-state index in [0.29, 0.717) is 59.7 Å². The maximum absolute atomic E-state index is 13.6. The molecule has 0 aromatic heterocycles. The molecule has 6 nitrogen and oxygen atoms in total. The van der Waals surface area contributed by atoms with Crippen molar-refractivity contribution in [2.24, 2.45) is 0 Å². The summed E-state index contributed by atoms with van der Waals surface area (Å²) in [5, 5.41) is 4.30. The normalized spacial score (nSPS) is 16.2. The van der Waals surface area contributed by atoms with E-state index >= 15 is 0 Å². The monoisotopic (exact) mass is 613 g/mol. The van der Waals surface area contributed by atoms with Crippen molar-refractivity contribution in [3.63, 3.8) is 0 Å². The summed E-state index contributed by atoms with van der Waals surface area (Å²) < 4.78 is 17.5. The van der Waals surface area contributed by atoms with Crippen molar-refractivity contribution in [3.05, 3.63) is 108 Å². The highest BCUT2D eigenvalue weighted by Crippen LogP contribution is 2.49. The summed E-state index contributed by atoms with van der Waals surface area (Å²) in [6.45, 7) is 1.97. The Balaban J connectivity index is 1.60. The van der Waals surface area contributed by atoms with Gasteiger partial charge in [-0.1, -0.05) is 53.5 Å². The Labute approximate surface area is 238 Å². The van der Waals surface area contributed by atoms with Crippen LogP contribution in [0.2, 0.25) is 10.0 Å². The zero-order valence-electron chi connectivity index (χ0n) is 20.7. The average molecular weight is 615 g/mol. The quantitative estimate of drug-likeness (QED) is 0.299. The Hall–Kier alpha value is -3.26. The average Bonchev–Trinajstić information content (AvgIpc) is 3.18. The highest BCUT2D eigenvalue weighted by Gasteiger charge is 2.43. The van der Waals surface area contributed by atoms with Crippen molar-refractivity contribution in [3.8, 4) is 11.5 Å². The summed E-state index contributed by atoms with van der Waals surface area (Å²) >= 11 is 15.9. The molecule has 3 aromatic rings. The van der Waals surface area contributed by atoms with Crippen LogP contribution in [0.15, 0.2) is 75.9 Å². The Morgan fingerprint density at radius 1 is 1.05 bits per heavy atom. The summed E-state index contributed by atoms with van der Waals surface area (Å²) in [5.74, 6) is -0.488. The van der Waals surface area contributed by atoms with E-state index in [1.165, 1.54) is 14.2 Å². The van der Waals surface area contributed by atoms with E-state index < -0.39 is 11.9 Å². The predicted octanol–water partition coefficient (Wildman–Crippen LogP) is 7.08. The third-order valence-corrected chi connectivity index (χ3v) is 7.80. The molecule has 9 heteroatoms. The first-order chi connectivity index (χ1) is 18.2. The zero-order chi connectivity index (χ0) is 27.1. The predicted molar refractivity (Wildman–Crippen MR) is 150 cm³/mol. The van der Waals surface area contributed by atoms with Crippen LogP contribution in [0.4, 0.5) is 0 Å². The Morgan fingerprint density at radius 3 is 2.47 bits per heavy atom. The molecule has 194 valence electrons. The van der Waals surface area contributed by atoms with Crippen LogP contribution < -0.4 is 14.8 Å². The zero-order valence-corrected chi connectivity index (χ0v) is 23.8. The number of fused-ring (bicyclic) bond motifs is 2. The van der Waals surface area contributed by atoms with Crippen molar-refractivity contribution in [1.29, 1.82) is 0 Å². The largest absolute Gasteiger partial charge is 0.493 e. The minimum absolute atomic E-state index is 0.144. The Bertz CT molecular complexity index is 1560. The number of ether oxygens (including phenoxy) is 3. The molecule has 38 heavy (non-hydrogen) atoms. The molecular formula is C29H22BrCl2NO5.